The highest BCUT2D eigenvalue weighted by atomic mass is 16.4. The third-order valence-electron chi connectivity index (χ3n) is 6.06. The highest BCUT2D eigenvalue weighted by Gasteiger charge is 2.13. The van der Waals surface area contributed by atoms with Crippen molar-refractivity contribution in [1.82, 2.24) is 0 Å². The number of allylic oxidation sites excluding steroid dienone is 2. The second kappa shape index (κ2) is 25.0. The van der Waals surface area contributed by atoms with Crippen LogP contribution >= 0.6 is 0 Å². The number of carbonyl (C=O) groups is 2. The molecule has 5 nitrogen and oxygen atoms in total. The maximum absolute atomic E-state index is 10.5. The smallest absolute Gasteiger partial charge is 0.336 e. The Morgan fingerprint density at radius 1 is 0.600 bits per heavy atom. The summed E-state index contributed by atoms with van der Waals surface area (Å²) in [5.41, 5.74) is -0.380. The third-order valence-corrected chi connectivity index (χ3v) is 6.06. The first-order valence-corrected chi connectivity index (χ1v) is 13.9. The zero-order valence-corrected chi connectivity index (χ0v) is 22.1. The maximum Gasteiger partial charge on any atom is 0.336 e. The molecule has 3 N–H and O–H groups in total. The molecule has 200 valence electrons. The number of unbranched alkanes of at least 4 members (excludes halogenated alkanes) is 16. The van der Waals surface area contributed by atoms with E-state index in [9.17, 15) is 9.59 Å². The van der Waals surface area contributed by atoms with Crippen LogP contribution in [0.5, 0.6) is 0 Å². The van der Waals surface area contributed by atoms with Crippen LogP contribution in [0.2, 0.25) is 0 Å². The van der Waals surface area contributed by atoms with Crippen molar-refractivity contribution in [2.24, 2.45) is 0 Å². The van der Waals surface area contributed by atoms with Gasteiger partial charge >= 0.3 is 11.9 Å². The summed E-state index contributed by atoms with van der Waals surface area (Å²) in [6.07, 6.45) is 29.1. The molecule has 0 saturated heterocycles. The molecule has 0 unspecified atom stereocenters. The van der Waals surface area contributed by atoms with Crippen LogP contribution in [0.15, 0.2) is 36.4 Å². The Kier molecular flexibility index (Phi) is 23.4. The van der Waals surface area contributed by atoms with Crippen molar-refractivity contribution in [2.45, 2.75) is 122 Å². The fraction of sp³-hybridized carbons (Fsp3) is 0.667. The van der Waals surface area contributed by atoms with Gasteiger partial charge in [0.2, 0.25) is 0 Å². The lowest BCUT2D eigenvalue weighted by atomic mass is 10.1. The van der Waals surface area contributed by atoms with E-state index >= 15 is 0 Å². The molecule has 0 bridgehead atoms. The SMILES string of the molecule is CCCCCCCC/C=C\CCCCCCCCCCCCO.O=C(O)c1ccccc1C(=O)O. The average Bonchev–Trinajstić information content (AvgIpc) is 2.86. The van der Waals surface area contributed by atoms with Crippen LogP contribution in [0.3, 0.4) is 0 Å². The van der Waals surface area contributed by atoms with E-state index in [1.54, 1.807) is 0 Å². The summed E-state index contributed by atoms with van der Waals surface area (Å²) in [6, 6.07) is 5.48. The van der Waals surface area contributed by atoms with Crippen LogP contribution in [0, 0.1) is 0 Å². The van der Waals surface area contributed by atoms with Crippen LogP contribution in [-0.4, -0.2) is 33.9 Å². The maximum atomic E-state index is 10.5. The van der Waals surface area contributed by atoms with E-state index in [2.05, 4.69) is 19.1 Å². The van der Waals surface area contributed by atoms with Crippen LogP contribution in [0.4, 0.5) is 0 Å². The van der Waals surface area contributed by atoms with Gasteiger partial charge in [0.1, 0.15) is 0 Å². The number of aliphatic hydroxyl groups is 1. The standard InChI is InChI=1S/C22H44O.C8H6O4/c1-2-3-4-5-6-7-8-9-10-11-12-13-14-15-16-17-18-19-20-21-22-23;9-7(10)5-3-1-2-4-6(5)8(11)12/h9-10,23H,2-8,11-22H2,1H3;1-4H,(H,9,10)(H,11,12)/b10-9-;. The van der Waals surface area contributed by atoms with Crippen molar-refractivity contribution in [3.8, 4) is 0 Å². The lowest BCUT2D eigenvalue weighted by molar-refractivity contribution is 0.0651. The molecule has 1 rings (SSSR count). The molecular weight excluding hydrogens is 440 g/mol. The molecule has 5 heteroatoms. The molecule has 0 saturated carbocycles. The van der Waals surface area contributed by atoms with Crippen molar-refractivity contribution < 1.29 is 24.9 Å². The summed E-state index contributed by atoms with van der Waals surface area (Å²) in [5.74, 6) is -2.46. The first-order valence-electron chi connectivity index (χ1n) is 13.9. The van der Waals surface area contributed by atoms with Gasteiger partial charge in [-0.15, -0.1) is 0 Å². The number of benzene rings is 1. The number of hydrogen-bond donors (Lipinski definition) is 3. The van der Waals surface area contributed by atoms with Gasteiger partial charge in [0.15, 0.2) is 0 Å². The van der Waals surface area contributed by atoms with Gasteiger partial charge in [-0.05, 0) is 44.2 Å². The molecule has 0 radical (unpaired) electrons. The number of rotatable bonds is 21. The highest BCUT2D eigenvalue weighted by molar-refractivity contribution is 6.01. The normalized spacial score (nSPS) is 10.8. The van der Waals surface area contributed by atoms with E-state index in [4.69, 9.17) is 15.3 Å². The zero-order valence-electron chi connectivity index (χ0n) is 22.1. The van der Waals surface area contributed by atoms with Gasteiger partial charge in [0, 0.05) is 6.61 Å². The average molecular weight is 491 g/mol. The van der Waals surface area contributed by atoms with E-state index in [0.717, 1.165) is 6.42 Å². The number of aliphatic hydroxyl groups excluding tert-OH is 1. The van der Waals surface area contributed by atoms with Gasteiger partial charge in [-0.3, -0.25) is 0 Å². The molecule has 0 aliphatic heterocycles. The van der Waals surface area contributed by atoms with Crippen molar-refractivity contribution >= 4 is 11.9 Å². The minimum absolute atomic E-state index is 0.190. The van der Waals surface area contributed by atoms with Gasteiger partial charge in [-0.1, -0.05) is 115 Å². The largest absolute Gasteiger partial charge is 0.478 e. The molecule has 0 aliphatic rings. The van der Waals surface area contributed by atoms with E-state index in [0.29, 0.717) is 6.61 Å². The Bertz CT molecular complexity index is 635. The summed E-state index contributed by atoms with van der Waals surface area (Å²) >= 11 is 0. The highest BCUT2D eigenvalue weighted by Crippen LogP contribution is 2.12. The Balaban J connectivity index is 0.000000801. The van der Waals surface area contributed by atoms with Gasteiger partial charge in [-0.25, -0.2) is 9.59 Å². The minimum Gasteiger partial charge on any atom is -0.478 e. The minimum atomic E-state index is -1.23. The summed E-state index contributed by atoms with van der Waals surface area (Å²) in [6.45, 7) is 2.65. The Morgan fingerprint density at radius 3 is 1.29 bits per heavy atom. The Hall–Kier alpha value is -2.14. The molecule has 0 fully saturated rings. The van der Waals surface area contributed by atoms with Gasteiger partial charge in [0.25, 0.3) is 0 Å². The fourth-order valence-electron chi connectivity index (χ4n) is 3.92. The first-order chi connectivity index (χ1) is 17.0. The summed E-state index contributed by atoms with van der Waals surface area (Å²) < 4.78 is 0. The summed E-state index contributed by atoms with van der Waals surface area (Å²) in [5, 5.41) is 25.8. The number of aromatic carboxylic acids is 2. The first kappa shape index (κ1) is 32.9. The van der Waals surface area contributed by atoms with Gasteiger partial charge in [0.05, 0.1) is 11.1 Å². The monoisotopic (exact) mass is 490 g/mol. The molecule has 0 aliphatic carbocycles. The van der Waals surface area contributed by atoms with Gasteiger partial charge in [-0.2, -0.15) is 0 Å². The van der Waals surface area contributed by atoms with Crippen LogP contribution in [0.1, 0.15) is 143 Å². The molecule has 0 spiro atoms. The molecule has 1 aromatic carbocycles. The van der Waals surface area contributed by atoms with Crippen LogP contribution in [0.25, 0.3) is 0 Å². The van der Waals surface area contributed by atoms with E-state index in [1.165, 1.54) is 133 Å². The lowest BCUT2D eigenvalue weighted by Gasteiger charge is -2.01. The van der Waals surface area contributed by atoms with Crippen molar-refractivity contribution in [3.63, 3.8) is 0 Å². The topological polar surface area (TPSA) is 94.8 Å². The quantitative estimate of drug-likeness (QED) is 0.118. The number of carboxylic acids is 2. The second-order valence-electron chi connectivity index (χ2n) is 9.23. The molecule has 1 aromatic rings. The van der Waals surface area contributed by atoms with Crippen LogP contribution < -0.4 is 0 Å². The van der Waals surface area contributed by atoms with E-state index < -0.39 is 11.9 Å². The molecular formula is C30H50O5. The summed E-state index contributed by atoms with van der Waals surface area (Å²) in [7, 11) is 0. The fourth-order valence-corrected chi connectivity index (χ4v) is 3.92. The molecule has 0 atom stereocenters. The summed E-state index contributed by atoms with van der Waals surface area (Å²) in [4.78, 5) is 20.9. The van der Waals surface area contributed by atoms with Crippen LogP contribution in [-0.2, 0) is 0 Å². The second-order valence-corrected chi connectivity index (χ2v) is 9.23. The van der Waals surface area contributed by atoms with Gasteiger partial charge < -0.3 is 15.3 Å². The van der Waals surface area contributed by atoms with Crippen molar-refractivity contribution in [2.75, 3.05) is 6.61 Å². The third kappa shape index (κ3) is 20.9. The number of hydrogen-bond acceptors (Lipinski definition) is 3. The van der Waals surface area contributed by atoms with Crippen molar-refractivity contribution in [1.29, 1.82) is 0 Å². The zero-order chi connectivity index (χ0) is 26.0. The molecule has 0 aromatic heterocycles. The number of carboxylic acid groups (broad SMARTS) is 2. The predicted octanol–water partition coefficient (Wildman–Crippen LogP) is 8.66. The van der Waals surface area contributed by atoms with E-state index in [1.807, 2.05) is 0 Å². The molecule has 0 amide bonds. The molecule has 35 heavy (non-hydrogen) atoms. The Labute approximate surface area is 213 Å². The molecule has 0 heterocycles. The Morgan fingerprint density at radius 2 is 0.943 bits per heavy atom. The van der Waals surface area contributed by atoms with E-state index in [-0.39, 0.29) is 11.1 Å². The van der Waals surface area contributed by atoms with Crippen molar-refractivity contribution in [3.05, 3.63) is 47.5 Å². The predicted molar refractivity (Wildman–Crippen MR) is 145 cm³/mol. The lowest BCUT2D eigenvalue weighted by Crippen LogP contribution is -2.06.